The number of benzene rings is 2. The normalized spacial score (nSPS) is 12.1. The molecule has 1 atom stereocenters. The predicted octanol–water partition coefficient (Wildman–Crippen LogP) is 4.20. The lowest BCUT2D eigenvalue weighted by molar-refractivity contribution is 0.852. The Labute approximate surface area is 132 Å². The lowest BCUT2D eigenvalue weighted by Crippen LogP contribution is -2.09. The highest BCUT2D eigenvalue weighted by Crippen LogP contribution is 2.25. The van der Waals surface area contributed by atoms with Crippen LogP contribution in [-0.4, -0.2) is 14.8 Å². The highest BCUT2D eigenvalue weighted by molar-refractivity contribution is 9.10. The van der Waals surface area contributed by atoms with Gasteiger partial charge in [-0.1, -0.05) is 40.2 Å². The maximum atomic E-state index is 4.20. The Morgan fingerprint density at radius 1 is 1.10 bits per heavy atom. The lowest BCUT2D eigenvalue weighted by atomic mass is 10.1. The molecule has 4 nitrogen and oxygen atoms in total. The molecule has 1 heterocycles. The smallest absolute Gasteiger partial charge is 0.138 e. The zero-order valence-electron chi connectivity index (χ0n) is 11.6. The van der Waals surface area contributed by atoms with Gasteiger partial charge in [-0.2, -0.15) is 5.10 Å². The molecule has 0 spiro atoms. The molecule has 0 amide bonds. The van der Waals surface area contributed by atoms with Gasteiger partial charge >= 0.3 is 0 Å². The number of para-hydroxylation sites is 2. The van der Waals surface area contributed by atoms with Gasteiger partial charge in [0.1, 0.15) is 12.7 Å². The van der Waals surface area contributed by atoms with Gasteiger partial charge in [0, 0.05) is 10.5 Å². The summed E-state index contributed by atoms with van der Waals surface area (Å²) in [6.07, 6.45) is 3.24. The van der Waals surface area contributed by atoms with Crippen molar-refractivity contribution in [2.45, 2.75) is 13.0 Å². The predicted molar refractivity (Wildman–Crippen MR) is 87.5 cm³/mol. The van der Waals surface area contributed by atoms with Gasteiger partial charge in [0.25, 0.3) is 0 Å². The van der Waals surface area contributed by atoms with Crippen molar-refractivity contribution in [1.29, 1.82) is 0 Å². The van der Waals surface area contributed by atoms with E-state index in [2.05, 4.69) is 62.5 Å². The average molecular weight is 343 g/mol. The molecule has 2 aromatic carbocycles. The molecule has 0 aliphatic carbocycles. The molecule has 0 bridgehead atoms. The molecule has 106 valence electrons. The molecule has 0 fully saturated rings. The number of hydrogen-bond acceptors (Lipinski definition) is 3. The molecule has 3 aromatic rings. The molecule has 0 aliphatic rings. The van der Waals surface area contributed by atoms with Crippen LogP contribution in [0.2, 0.25) is 0 Å². The van der Waals surface area contributed by atoms with Crippen molar-refractivity contribution >= 4 is 21.6 Å². The van der Waals surface area contributed by atoms with Gasteiger partial charge in [-0.15, -0.1) is 0 Å². The van der Waals surface area contributed by atoms with Gasteiger partial charge in [-0.25, -0.2) is 9.67 Å². The monoisotopic (exact) mass is 342 g/mol. The first-order chi connectivity index (χ1) is 10.2. The Balaban J connectivity index is 1.86. The standard InChI is InChI=1S/C16H15BrN4/c1-12(13-6-8-14(17)9-7-13)20-15-4-2-3-5-16(15)21-11-18-10-19-21/h2-12,20H,1H3. The Morgan fingerprint density at radius 3 is 2.57 bits per heavy atom. The van der Waals surface area contributed by atoms with Gasteiger partial charge in [-0.05, 0) is 36.8 Å². The number of halogens is 1. The minimum Gasteiger partial charge on any atom is -0.377 e. The fourth-order valence-corrected chi connectivity index (χ4v) is 2.46. The lowest BCUT2D eigenvalue weighted by Gasteiger charge is -2.18. The van der Waals surface area contributed by atoms with Crippen LogP contribution < -0.4 is 5.32 Å². The second-order valence-electron chi connectivity index (χ2n) is 4.77. The second-order valence-corrected chi connectivity index (χ2v) is 5.69. The van der Waals surface area contributed by atoms with E-state index >= 15 is 0 Å². The van der Waals surface area contributed by atoms with E-state index in [1.807, 2.05) is 24.3 Å². The topological polar surface area (TPSA) is 42.7 Å². The third-order valence-electron chi connectivity index (χ3n) is 3.31. The van der Waals surface area contributed by atoms with Crippen molar-refractivity contribution in [3.8, 4) is 5.69 Å². The summed E-state index contributed by atoms with van der Waals surface area (Å²) in [5, 5.41) is 7.73. The van der Waals surface area contributed by atoms with Crippen LogP contribution in [-0.2, 0) is 0 Å². The molecule has 0 saturated heterocycles. The summed E-state index contributed by atoms with van der Waals surface area (Å²) < 4.78 is 2.85. The SMILES string of the molecule is CC(Nc1ccccc1-n1cncn1)c1ccc(Br)cc1. The summed E-state index contributed by atoms with van der Waals surface area (Å²) in [5.41, 5.74) is 3.24. The highest BCUT2D eigenvalue weighted by atomic mass is 79.9. The van der Waals surface area contributed by atoms with Crippen molar-refractivity contribution in [1.82, 2.24) is 14.8 Å². The van der Waals surface area contributed by atoms with Crippen LogP contribution in [0.3, 0.4) is 0 Å². The summed E-state index contributed by atoms with van der Waals surface area (Å²) >= 11 is 3.46. The van der Waals surface area contributed by atoms with Crippen LogP contribution in [0.1, 0.15) is 18.5 Å². The number of nitrogens with one attached hydrogen (secondary N) is 1. The van der Waals surface area contributed by atoms with Gasteiger partial charge in [0.2, 0.25) is 0 Å². The quantitative estimate of drug-likeness (QED) is 0.772. The molecule has 1 unspecified atom stereocenters. The Kier molecular flexibility index (Phi) is 4.01. The number of rotatable bonds is 4. The van der Waals surface area contributed by atoms with Crippen LogP contribution in [0.25, 0.3) is 5.69 Å². The molecule has 1 N–H and O–H groups in total. The van der Waals surface area contributed by atoms with E-state index in [0.717, 1.165) is 15.8 Å². The Hall–Kier alpha value is -2.14. The number of aromatic nitrogens is 3. The highest BCUT2D eigenvalue weighted by Gasteiger charge is 2.09. The van der Waals surface area contributed by atoms with E-state index in [1.165, 1.54) is 11.9 Å². The number of nitrogens with zero attached hydrogens (tertiary/aromatic N) is 3. The zero-order chi connectivity index (χ0) is 14.7. The third kappa shape index (κ3) is 3.13. The van der Waals surface area contributed by atoms with Crippen molar-refractivity contribution in [3.63, 3.8) is 0 Å². The average Bonchev–Trinajstić information content (AvgIpc) is 3.02. The minimum absolute atomic E-state index is 0.197. The van der Waals surface area contributed by atoms with E-state index in [1.54, 1.807) is 11.0 Å². The molecule has 5 heteroatoms. The molecule has 3 rings (SSSR count). The van der Waals surface area contributed by atoms with Crippen molar-refractivity contribution in [3.05, 3.63) is 71.2 Å². The first kappa shape index (κ1) is 13.8. The molecule has 0 saturated carbocycles. The van der Waals surface area contributed by atoms with E-state index in [9.17, 15) is 0 Å². The molecule has 0 aliphatic heterocycles. The van der Waals surface area contributed by atoms with Gasteiger partial charge < -0.3 is 5.32 Å². The van der Waals surface area contributed by atoms with Gasteiger partial charge in [0.15, 0.2) is 0 Å². The summed E-state index contributed by atoms with van der Waals surface area (Å²) in [5.74, 6) is 0. The van der Waals surface area contributed by atoms with E-state index in [-0.39, 0.29) is 6.04 Å². The fraction of sp³-hybridized carbons (Fsp3) is 0.125. The summed E-state index contributed by atoms with van der Waals surface area (Å²) in [6, 6.07) is 16.6. The van der Waals surface area contributed by atoms with Gasteiger partial charge in [0.05, 0.1) is 11.4 Å². The largest absolute Gasteiger partial charge is 0.377 e. The first-order valence-electron chi connectivity index (χ1n) is 6.70. The van der Waals surface area contributed by atoms with Crippen LogP contribution in [0, 0.1) is 0 Å². The summed E-state index contributed by atoms with van der Waals surface area (Å²) in [7, 11) is 0. The molecule has 1 aromatic heterocycles. The maximum Gasteiger partial charge on any atom is 0.138 e. The van der Waals surface area contributed by atoms with E-state index < -0.39 is 0 Å². The van der Waals surface area contributed by atoms with Crippen LogP contribution in [0.4, 0.5) is 5.69 Å². The Bertz CT molecular complexity index is 707. The number of anilines is 1. The van der Waals surface area contributed by atoms with E-state index in [4.69, 9.17) is 0 Å². The maximum absolute atomic E-state index is 4.20. The fourth-order valence-electron chi connectivity index (χ4n) is 2.20. The summed E-state index contributed by atoms with van der Waals surface area (Å²) in [6.45, 7) is 2.14. The zero-order valence-corrected chi connectivity index (χ0v) is 13.2. The molecule has 21 heavy (non-hydrogen) atoms. The van der Waals surface area contributed by atoms with E-state index in [0.29, 0.717) is 0 Å². The molecule has 0 radical (unpaired) electrons. The minimum atomic E-state index is 0.197. The van der Waals surface area contributed by atoms with Gasteiger partial charge in [-0.3, -0.25) is 0 Å². The van der Waals surface area contributed by atoms with Crippen molar-refractivity contribution < 1.29 is 0 Å². The molecular formula is C16H15BrN4. The van der Waals surface area contributed by atoms with Crippen molar-refractivity contribution in [2.24, 2.45) is 0 Å². The molecular weight excluding hydrogens is 328 g/mol. The van der Waals surface area contributed by atoms with Crippen LogP contribution in [0.5, 0.6) is 0 Å². The second kappa shape index (κ2) is 6.10. The first-order valence-corrected chi connectivity index (χ1v) is 7.49. The van der Waals surface area contributed by atoms with Crippen LogP contribution in [0.15, 0.2) is 65.7 Å². The van der Waals surface area contributed by atoms with Crippen LogP contribution >= 0.6 is 15.9 Å². The third-order valence-corrected chi connectivity index (χ3v) is 3.84. The van der Waals surface area contributed by atoms with Crippen molar-refractivity contribution in [2.75, 3.05) is 5.32 Å². The summed E-state index contributed by atoms with van der Waals surface area (Å²) in [4.78, 5) is 4.01. The Morgan fingerprint density at radius 2 is 1.86 bits per heavy atom. The number of hydrogen-bond donors (Lipinski definition) is 1.